The van der Waals surface area contributed by atoms with Gasteiger partial charge in [-0.25, -0.2) is 0 Å². The Morgan fingerprint density at radius 2 is 1.89 bits per heavy atom. The Morgan fingerprint density at radius 1 is 1.16 bits per heavy atom. The lowest BCUT2D eigenvalue weighted by Gasteiger charge is -2.37. The van der Waals surface area contributed by atoms with Crippen molar-refractivity contribution in [2.24, 2.45) is 0 Å². The van der Waals surface area contributed by atoms with Crippen LogP contribution in [0.2, 0.25) is 0 Å². The molecule has 1 heterocycles. The summed E-state index contributed by atoms with van der Waals surface area (Å²) in [7, 11) is 0. The normalized spacial score (nSPS) is 29.7. The molecule has 1 aliphatic heterocycles. The lowest BCUT2D eigenvalue weighted by Crippen LogP contribution is -2.39. The minimum absolute atomic E-state index is 0.0200. The number of hydrogen-bond acceptors (Lipinski definition) is 3. The van der Waals surface area contributed by atoms with Crippen molar-refractivity contribution in [2.75, 3.05) is 6.61 Å². The summed E-state index contributed by atoms with van der Waals surface area (Å²) in [5.41, 5.74) is 0.0200. The van der Waals surface area contributed by atoms with Crippen molar-refractivity contribution in [3.05, 3.63) is 30.3 Å². The Morgan fingerprint density at radius 3 is 2.58 bits per heavy atom. The van der Waals surface area contributed by atoms with Crippen LogP contribution in [-0.4, -0.2) is 28.7 Å². The summed E-state index contributed by atoms with van der Waals surface area (Å²) in [6, 6.07) is 10.6. The molecule has 0 bridgehead atoms. The van der Waals surface area contributed by atoms with Crippen molar-refractivity contribution in [3.63, 3.8) is 0 Å². The fourth-order valence-corrected chi connectivity index (χ4v) is 4.89. The van der Waals surface area contributed by atoms with Gasteiger partial charge in [0.1, 0.15) is 0 Å². The lowest BCUT2D eigenvalue weighted by atomic mass is 9.82. The van der Waals surface area contributed by atoms with E-state index in [-0.39, 0.29) is 18.3 Å². The van der Waals surface area contributed by atoms with Crippen LogP contribution in [0.4, 0.5) is 0 Å². The third-order valence-electron chi connectivity index (χ3n) is 4.39. The zero-order valence-electron chi connectivity index (χ0n) is 11.3. The summed E-state index contributed by atoms with van der Waals surface area (Å²) in [5.74, 6) is 0. The number of aliphatic hydroxyl groups excluding tert-OH is 1. The quantitative estimate of drug-likeness (QED) is 0.915. The fourth-order valence-electron chi connectivity index (χ4n) is 3.43. The molecule has 1 saturated carbocycles. The van der Waals surface area contributed by atoms with Gasteiger partial charge < -0.3 is 9.84 Å². The molecule has 2 nitrogen and oxygen atoms in total. The number of thioether (sulfide) groups is 1. The first-order chi connectivity index (χ1) is 9.32. The third kappa shape index (κ3) is 2.83. The Labute approximate surface area is 119 Å². The molecule has 2 aliphatic rings. The predicted octanol–water partition coefficient (Wildman–Crippen LogP) is 3.63. The molecule has 1 aromatic rings. The van der Waals surface area contributed by atoms with Crippen LogP contribution in [0.3, 0.4) is 0 Å². The highest BCUT2D eigenvalue weighted by Gasteiger charge is 2.48. The van der Waals surface area contributed by atoms with Crippen molar-refractivity contribution in [2.45, 2.75) is 60.4 Å². The van der Waals surface area contributed by atoms with Gasteiger partial charge in [0.25, 0.3) is 0 Å². The second kappa shape index (κ2) is 5.86. The van der Waals surface area contributed by atoms with Crippen molar-refractivity contribution in [3.8, 4) is 0 Å². The summed E-state index contributed by atoms with van der Waals surface area (Å²) >= 11 is 1.94. The molecule has 3 heteroatoms. The van der Waals surface area contributed by atoms with Crippen LogP contribution in [0.5, 0.6) is 0 Å². The first-order valence-electron chi connectivity index (χ1n) is 7.33. The van der Waals surface area contributed by atoms with Gasteiger partial charge in [0, 0.05) is 10.1 Å². The molecule has 1 saturated heterocycles. The van der Waals surface area contributed by atoms with E-state index in [2.05, 4.69) is 30.3 Å². The van der Waals surface area contributed by atoms with Crippen molar-refractivity contribution < 1.29 is 9.84 Å². The summed E-state index contributed by atoms with van der Waals surface area (Å²) in [5, 5.41) is 9.92. The maximum absolute atomic E-state index is 9.43. The van der Waals surface area contributed by atoms with Gasteiger partial charge in [0.05, 0.1) is 18.3 Å². The van der Waals surface area contributed by atoms with E-state index in [1.807, 2.05) is 11.8 Å². The van der Waals surface area contributed by atoms with Gasteiger partial charge >= 0.3 is 0 Å². The number of rotatable bonds is 3. The van der Waals surface area contributed by atoms with E-state index in [0.717, 1.165) is 19.3 Å². The molecule has 1 aliphatic carbocycles. The first-order valence-corrected chi connectivity index (χ1v) is 8.21. The molecule has 1 aromatic carbocycles. The molecular formula is C16H22O2S. The molecule has 0 amide bonds. The molecule has 0 aromatic heterocycles. The highest BCUT2D eigenvalue weighted by molar-refractivity contribution is 8.00. The Bertz CT molecular complexity index is 400. The highest BCUT2D eigenvalue weighted by atomic mass is 32.2. The Hall–Kier alpha value is -0.510. The average Bonchev–Trinajstić information content (AvgIpc) is 2.79. The van der Waals surface area contributed by atoms with Gasteiger partial charge in [0.15, 0.2) is 0 Å². The van der Waals surface area contributed by atoms with Gasteiger partial charge in [-0.3, -0.25) is 0 Å². The average molecular weight is 278 g/mol. The van der Waals surface area contributed by atoms with Gasteiger partial charge in [0.2, 0.25) is 0 Å². The van der Waals surface area contributed by atoms with Crippen molar-refractivity contribution in [1.82, 2.24) is 0 Å². The van der Waals surface area contributed by atoms with E-state index < -0.39 is 0 Å². The van der Waals surface area contributed by atoms with E-state index in [1.54, 1.807) is 0 Å². The van der Waals surface area contributed by atoms with E-state index in [0.29, 0.717) is 5.25 Å². The summed E-state index contributed by atoms with van der Waals surface area (Å²) in [6.07, 6.45) is 7.21. The van der Waals surface area contributed by atoms with Gasteiger partial charge in [-0.2, -0.15) is 0 Å². The maximum Gasteiger partial charge on any atom is 0.0825 e. The number of benzene rings is 1. The highest BCUT2D eigenvalue weighted by Crippen LogP contribution is 2.49. The molecule has 0 radical (unpaired) electrons. The van der Waals surface area contributed by atoms with Crippen LogP contribution < -0.4 is 0 Å². The van der Waals surface area contributed by atoms with E-state index in [4.69, 9.17) is 4.74 Å². The second-order valence-corrected chi connectivity index (χ2v) is 6.98. The summed E-state index contributed by atoms with van der Waals surface area (Å²) in [6.45, 7) is 0.160. The molecule has 19 heavy (non-hydrogen) atoms. The van der Waals surface area contributed by atoms with Crippen molar-refractivity contribution >= 4 is 11.8 Å². The number of hydrogen-bond donors (Lipinski definition) is 1. The third-order valence-corrected chi connectivity index (χ3v) is 5.84. The zero-order chi connectivity index (χ0) is 13.1. The van der Waals surface area contributed by atoms with Crippen LogP contribution in [-0.2, 0) is 4.74 Å². The summed E-state index contributed by atoms with van der Waals surface area (Å²) < 4.78 is 6.25. The molecule has 1 spiro atoms. The van der Waals surface area contributed by atoms with E-state index >= 15 is 0 Å². The minimum atomic E-state index is 0.0200. The van der Waals surface area contributed by atoms with Crippen LogP contribution >= 0.6 is 11.8 Å². The SMILES string of the molecule is OC[C@@H]1C[C@@H](Sc2ccccc2)C2(CCCCC2)O1. The molecule has 0 unspecified atom stereocenters. The fraction of sp³-hybridized carbons (Fsp3) is 0.625. The Balaban J connectivity index is 1.77. The standard InChI is InChI=1S/C16H22O2S/c17-12-13-11-15(19-14-7-3-1-4-8-14)16(18-13)9-5-2-6-10-16/h1,3-4,7-8,13,15,17H,2,5-6,9-12H2/t13-,15+/m0/s1. The molecular weight excluding hydrogens is 256 g/mol. The summed E-state index contributed by atoms with van der Waals surface area (Å²) in [4.78, 5) is 1.32. The van der Waals surface area contributed by atoms with Crippen LogP contribution in [0.25, 0.3) is 0 Å². The molecule has 104 valence electrons. The van der Waals surface area contributed by atoms with E-state index in [1.165, 1.54) is 24.2 Å². The lowest BCUT2D eigenvalue weighted by molar-refractivity contribution is -0.0761. The Kier molecular flexibility index (Phi) is 4.15. The van der Waals surface area contributed by atoms with Crippen molar-refractivity contribution in [1.29, 1.82) is 0 Å². The smallest absolute Gasteiger partial charge is 0.0825 e. The van der Waals surface area contributed by atoms with Gasteiger partial charge in [-0.05, 0) is 31.4 Å². The minimum Gasteiger partial charge on any atom is -0.394 e. The zero-order valence-corrected chi connectivity index (χ0v) is 12.1. The molecule has 3 rings (SSSR count). The molecule has 2 fully saturated rings. The maximum atomic E-state index is 9.43. The van der Waals surface area contributed by atoms with Gasteiger partial charge in [-0.15, -0.1) is 11.8 Å². The number of aliphatic hydroxyl groups is 1. The van der Waals surface area contributed by atoms with Crippen LogP contribution in [0.1, 0.15) is 38.5 Å². The van der Waals surface area contributed by atoms with Crippen LogP contribution in [0.15, 0.2) is 35.2 Å². The largest absolute Gasteiger partial charge is 0.394 e. The number of ether oxygens (including phenoxy) is 1. The van der Waals surface area contributed by atoms with Gasteiger partial charge in [-0.1, -0.05) is 37.5 Å². The van der Waals surface area contributed by atoms with E-state index in [9.17, 15) is 5.11 Å². The molecule has 1 N–H and O–H groups in total. The first kappa shape index (κ1) is 13.5. The second-order valence-electron chi connectivity index (χ2n) is 5.70. The predicted molar refractivity (Wildman–Crippen MR) is 78.5 cm³/mol. The van der Waals surface area contributed by atoms with Crippen LogP contribution in [0, 0.1) is 0 Å². The monoisotopic (exact) mass is 278 g/mol. The molecule has 2 atom stereocenters. The topological polar surface area (TPSA) is 29.5 Å².